The van der Waals surface area contributed by atoms with E-state index in [0.29, 0.717) is 24.6 Å². The molecule has 15 heteroatoms. The van der Waals surface area contributed by atoms with Crippen LogP contribution in [0, 0.1) is 21.7 Å². The lowest BCUT2D eigenvalue weighted by Crippen LogP contribution is -2.46. The van der Waals surface area contributed by atoms with Crippen molar-refractivity contribution >= 4 is 38.2 Å². The van der Waals surface area contributed by atoms with E-state index < -0.39 is 48.8 Å². The highest BCUT2D eigenvalue weighted by Gasteiger charge is 2.30. The summed E-state index contributed by atoms with van der Waals surface area (Å²) in [6.45, 7) is 3.21. The molecule has 1 aliphatic heterocycles. The number of nitro groups is 1. The fraction of sp³-hybridized carbons (Fsp3) is 0.323. The van der Waals surface area contributed by atoms with Crippen LogP contribution in [0.1, 0.15) is 36.0 Å². The Bertz CT molecular complexity index is 1890. The number of morpholine rings is 1. The SMILES string of the molecule is O=C(NS(=O)(=O)c1ccc(NC2CCC(N3CCOCC3)CC2)c([N+](=O)[O-])c1)c1ccccc1Oc1cc2cc[nH]c2c(F)c1F. The number of amides is 1. The highest BCUT2D eigenvalue weighted by Crippen LogP contribution is 2.34. The molecule has 46 heavy (non-hydrogen) atoms. The number of para-hydroxylation sites is 1. The fourth-order valence-electron chi connectivity index (χ4n) is 5.99. The molecule has 1 aromatic heterocycles. The summed E-state index contributed by atoms with van der Waals surface area (Å²) in [5.41, 5.74) is -0.626. The largest absolute Gasteiger partial charge is 0.453 e. The predicted molar refractivity (Wildman–Crippen MR) is 165 cm³/mol. The minimum atomic E-state index is -4.60. The van der Waals surface area contributed by atoms with Gasteiger partial charge in [0.25, 0.3) is 21.6 Å². The van der Waals surface area contributed by atoms with Gasteiger partial charge in [-0.15, -0.1) is 0 Å². The fourth-order valence-corrected chi connectivity index (χ4v) is 6.97. The van der Waals surface area contributed by atoms with E-state index in [1.165, 1.54) is 54.7 Å². The molecule has 0 spiro atoms. The number of rotatable bonds is 9. The van der Waals surface area contributed by atoms with Gasteiger partial charge in [-0.25, -0.2) is 17.5 Å². The van der Waals surface area contributed by atoms with Crippen molar-refractivity contribution in [3.8, 4) is 11.5 Å². The molecular formula is C31H31F2N5O7S. The van der Waals surface area contributed by atoms with Crippen molar-refractivity contribution < 1.29 is 36.4 Å². The minimum absolute atomic E-state index is 0.0223. The molecule has 0 unspecified atom stereocenters. The average molecular weight is 656 g/mol. The zero-order chi connectivity index (χ0) is 32.4. The third-order valence-electron chi connectivity index (χ3n) is 8.37. The molecule has 4 aromatic rings. The first kappa shape index (κ1) is 31.4. The molecule has 12 nitrogen and oxygen atoms in total. The maximum absolute atomic E-state index is 14.7. The molecule has 2 aliphatic rings. The molecule has 6 rings (SSSR count). The summed E-state index contributed by atoms with van der Waals surface area (Å²) >= 11 is 0. The number of aromatic amines is 1. The highest BCUT2D eigenvalue weighted by atomic mass is 32.2. The Morgan fingerprint density at radius 2 is 1.74 bits per heavy atom. The van der Waals surface area contributed by atoms with Crippen molar-refractivity contribution in [3.63, 3.8) is 0 Å². The van der Waals surface area contributed by atoms with Gasteiger partial charge < -0.3 is 19.8 Å². The Kier molecular flexibility index (Phi) is 8.88. The third kappa shape index (κ3) is 6.52. The number of hydrogen-bond acceptors (Lipinski definition) is 9. The Morgan fingerprint density at radius 3 is 2.48 bits per heavy atom. The van der Waals surface area contributed by atoms with Crippen molar-refractivity contribution in [3.05, 3.63) is 88.1 Å². The van der Waals surface area contributed by atoms with Crippen molar-refractivity contribution in [2.75, 3.05) is 31.6 Å². The number of nitro benzene ring substituents is 1. The molecule has 3 N–H and O–H groups in total. The zero-order valence-corrected chi connectivity index (χ0v) is 25.3. The van der Waals surface area contributed by atoms with E-state index in [-0.39, 0.29) is 28.6 Å². The van der Waals surface area contributed by atoms with E-state index in [1.807, 2.05) is 4.72 Å². The zero-order valence-electron chi connectivity index (χ0n) is 24.5. The first-order valence-corrected chi connectivity index (χ1v) is 16.2. The number of benzene rings is 3. The highest BCUT2D eigenvalue weighted by molar-refractivity contribution is 7.90. The molecule has 0 bridgehead atoms. The van der Waals surface area contributed by atoms with E-state index in [9.17, 15) is 32.1 Å². The summed E-state index contributed by atoms with van der Waals surface area (Å²) in [5.74, 6) is -4.37. The van der Waals surface area contributed by atoms with Gasteiger partial charge in [0.2, 0.25) is 5.82 Å². The van der Waals surface area contributed by atoms with Crippen LogP contribution in [0.5, 0.6) is 11.5 Å². The minimum Gasteiger partial charge on any atom is -0.453 e. The number of fused-ring (bicyclic) bond motifs is 1. The maximum Gasteiger partial charge on any atom is 0.293 e. The second-order valence-corrected chi connectivity index (χ2v) is 12.9. The molecule has 0 radical (unpaired) electrons. The Morgan fingerprint density at radius 1 is 1.00 bits per heavy atom. The number of sulfonamides is 1. The van der Waals surface area contributed by atoms with Crippen LogP contribution in [0.15, 0.2) is 65.7 Å². The van der Waals surface area contributed by atoms with Crippen LogP contribution in [0.4, 0.5) is 20.2 Å². The molecule has 0 atom stereocenters. The van der Waals surface area contributed by atoms with Gasteiger partial charge in [0.1, 0.15) is 11.4 Å². The normalized spacial score (nSPS) is 19.1. The Balaban J connectivity index is 1.16. The van der Waals surface area contributed by atoms with E-state index in [2.05, 4.69) is 15.2 Å². The van der Waals surface area contributed by atoms with Gasteiger partial charge >= 0.3 is 0 Å². The van der Waals surface area contributed by atoms with Crippen molar-refractivity contribution in [1.29, 1.82) is 0 Å². The van der Waals surface area contributed by atoms with Crippen LogP contribution in [-0.2, 0) is 14.8 Å². The standard InChI is InChI=1S/C31H31F2N5O7S/c32-28-27(17-19-11-12-34-30(19)29(28)33)45-26-4-2-1-3-23(26)31(39)36-46(42,43)22-9-10-24(25(18-22)38(40)41)35-20-5-7-21(8-6-20)37-13-15-44-16-14-37/h1-4,9-12,17-18,20-21,34-35H,5-8,13-16H2,(H,36,39). The molecule has 1 saturated heterocycles. The van der Waals surface area contributed by atoms with Crippen molar-refractivity contribution in [2.45, 2.75) is 42.7 Å². The molecular weight excluding hydrogens is 624 g/mol. The molecule has 1 saturated carbocycles. The van der Waals surface area contributed by atoms with Gasteiger partial charge in [-0.1, -0.05) is 12.1 Å². The number of anilines is 1. The molecule has 2 fully saturated rings. The van der Waals surface area contributed by atoms with Gasteiger partial charge in [0.15, 0.2) is 11.6 Å². The molecule has 1 aliphatic carbocycles. The van der Waals surface area contributed by atoms with Gasteiger partial charge in [0.05, 0.1) is 34.1 Å². The van der Waals surface area contributed by atoms with E-state index in [0.717, 1.165) is 44.8 Å². The number of H-pyrrole nitrogens is 1. The van der Waals surface area contributed by atoms with Crippen LogP contribution < -0.4 is 14.8 Å². The number of halogens is 2. The topological polar surface area (TPSA) is 156 Å². The molecule has 2 heterocycles. The van der Waals surface area contributed by atoms with Crippen molar-refractivity contribution in [2.24, 2.45) is 0 Å². The van der Waals surface area contributed by atoms with Gasteiger partial charge in [-0.3, -0.25) is 19.8 Å². The summed E-state index contributed by atoms with van der Waals surface area (Å²) in [6.07, 6.45) is 4.88. The number of ether oxygens (including phenoxy) is 2. The number of carbonyl (C=O) groups excluding carboxylic acids is 1. The number of aromatic nitrogens is 1. The van der Waals surface area contributed by atoms with Gasteiger partial charge in [-0.05, 0) is 62.1 Å². The lowest BCUT2D eigenvalue weighted by molar-refractivity contribution is -0.384. The third-order valence-corrected chi connectivity index (χ3v) is 9.70. The van der Waals surface area contributed by atoms with E-state index in [4.69, 9.17) is 9.47 Å². The number of nitrogens with zero attached hydrogens (tertiary/aromatic N) is 2. The molecule has 1 amide bonds. The maximum atomic E-state index is 14.7. The lowest BCUT2D eigenvalue weighted by Gasteiger charge is -2.39. The quantitative estimate of drug-likeness (QED) is 0.160. The second kappa shape index (κ2) is 13.0. The van der Waals surface area contributed by atoms with Gasteiger partial charge in [0, 0.05) is 42.8 Å². The molecule has 3 aromatic carbocycles. The first-order valence-electron chi connectivity index (χ1n) is 14.8. The summed E-state index contributed by atoms with van der Waals surface area (Å²) in [6, 6.07) is 12.0. The van der Waals surface area contributed by atoms with Gasteiger partial charge in [-0.2, -0.15) is 4.39 Å². The van der Waals surface area contributed by atoms with Crippen LogP contribution in [0.2, 0.25) is 0 Å². The predicted octanol–water partition coefficient (Wildman–Crippen LogP) is 5.32. The average Bonchev–Trinajstić information content (AvgIpc) is 3.53. The smallest absolute Gasteiger partial charge is 0.293 e. The summed E-state index contributed by atoms with van der Waals surface area (Å²) in [5, 5.41) is 15.5. The van der Waals surface area contributed by atoms with Crippen LogP contribution in [0.25, 0.3) is 10.9 Å². The van der Waals surface area contributed by atoms with Crippen LogP contribution in [0.3, 0.4) is 0 Å². The lowest BCUT2D eigenvalue weighted by atomic mass is 9.89. The number of hydrogen-bond donors (Lipinski definition) is 3. The molecule has 242 valence electrons. The van der Waals surface area contributed by atoms with Crippen LogP contribution >= 0.6 is 0 Å². The number of carbonyl (C=O) groups is 1. The van der Waals surface area contributed by atoms with Crippen molar-refractivity contribution in [1.82, 2.24) is 14.6 Å². The Hall–Kier alpha value is -4.60. The van der Waals surface area contributed by atoms with E-state index in [1.54, 1.807) is 0 Å². The number of nitrogens with one attached hydrogen (secondary N) is 3. The first-order chi connectivity index (χ1) is 22.1. The summed E-state index contributed by atoms with van der Waals surface area (Å²) in [7, 11) is -4.60. The van der Waals surface area contributed by atoms with E-state index >= 15 is 0 Å². The monoisotopic (exact) mass is 655 g/mol. The summed E-state index contributed by atoms with van der Waals surface area (Å²) in [4.78, 5) is 28.9. The Labute approximate surface area is 262 Å². The summed E-state index contributed by atoms with van der Waals surface area (Å²) < 4.78 is 68.5. The second-order valence-electron chi connectivity index (χ2n) is 11.2. The van der Waals surface area contributed by atoms with Crippen LogP contribution in [-0.4, -0.2) is 67.5 Å².